The van der Waals surface area contributed by atoms with Gasteiger partial charge in [-0.2, -0.15) is 0 Å². The van der Waals surface area contributed by atoms with Crippen LogP contribution in [0.1, 0.15) is 32.1 Å². The molecule has 1 aromatic rings. The van der Waals surface area contributed by atoms with Crippen molar-refractivity contribution in [2.45, 2.75) is 38.1 Å². The normalized spacial score (nSPS) is 18.2. The second-order valence-electron chi connectivity index (χ2n) is 5.39. The molecule has 2 rings (SSSR count). The molecule has 5 nitrogen and oxygen atoms in total. The van der Waals surface area contributed by atoms with Gasteiger partial charge in [-0.25, -0.2) is 0 Å². The molecule has 1 aliphatic rings. The maximum atomic E-state index is 12.4. The monoisotopic (exact) mass is 290 g/mol. The number of piperidine rings is 1. The zero-order chi connectivity index (χ0) is 15.1. The van der Waals surface area contributed by atoms with Gasteiger partial charge in [0.15, 0.2) is 0 Å². The molecule has 1 aromatic carbocycles. The minimum Gasteiger partial charge on any atom is -0.480 e. The van der Waals surface area contributed by atoms with Crippen LogP contribution in [-0.2, 0) is 9.59 Å². The van der Waals surface area contributed by atoms with Crippen LogP contribution < -0.4 is 10.2 Å². The summed E-state index contributed by atoms with van der Waals surface area (Å²) in [5.74, 6) is -1.13. The lowest BCUT2D eigenvalue weighted by molar-refractivity contribution is -0.136. The predicted molar refractivity (Wildman–Crippen MR) is 81.3 cm³/mol. The molecule has 114 valence electrons. The number of nitrogens with zero attached hydrogens (tertiary/aromatic N) is 1. The molecule has 1 amide bonds. The van der Waals surface area contributed by atoms with Crippen molar-refractivity contribution in [1.29, 1.82) is 0 Å². The van der Waals surface area contributed by atoms with Crippen molar-refractivity contribution in [1.82, 2.24) is 5.32 Å². The maximum Gasteiger partial charge on any atom is 0.323 e. The molecular formula is C16H22N2O3. The average Bonchev–Trinajstić information content (AvgIpc) is 2.52. The second-order valence-corrected chi connectivity index (χ2v) is 5.39. The van der Waals surface area contributed by atoms with E-state index in [1.54, 1.807) is 24.3 Å². The predicted octanol–water partition coefficient (Wildman–Crippen LogP) is 2.03. The lowest BCUT2D eigenvalue weighted by Gasteiger charge is -2.25. The van der Waals surface area contributed by atoms with Crippen molar-refractivity contribution < 1.29 is 14.7 Å². The van der Waals surface area contributed by atoms with E-state index in [-0.39, 0.29) is 12.5 Å². The summed E-state index contributed by atoms with van der Waals surface area (Å²) in [4.78, 5) is 24.7. The molecule has 1 aliphatic heterocycles. The highest BCUT2D eigenvalue weighted by atomic mass is 16.4. The molecule has 0 saturated carbocycles. The fourth-order valence-corrected chi connectivity index (χ4v) is 2.67. The van der Waals surface area contributed by atoms with Gasteiger partial charge in [-0.3, -0.25) is 9.59 Å². The van der Waals surface area contributed by atoms with E-state index < -0.39 is 5.97 Å². The topological polar surface area (TPSA) is 69.6 Å². The van der Waals surface area contributed by atoms with Crippen molar-refractivity contribution in [3.05, 3.63) is 30.3 Å². The molecule has 0 aliphatic carbocycles. The Balaban J connectivity index is 1.95. The summed E-state index contributed by atoms with van der Waals surface area (Å²) in [7, 11) is 0. The molecule has 0 spiro atoms. The lowest BCUT2D eigenvalue weighted by atomic mass is 10.0. The van der Waals surface area contributed by atoms with Gasteiger partial charge in [0, 0.05) is 18.2 Å². The number of rotatable bonds is 6. The highest BCUT2D eigenvalue weighted by Gasteiger charge is 2.20. The van der Waals surface area contributed by atoms with Crippen LogP contribution in [0.3, 0.4) is 0 Å². The second kappa shape index (κ2) is 7.78. The fraction of sp³-hybridized carbons (Fsp3) is 0.500. The Morgan fingerprint density at radius 2 is 2.00 bits per heavy atom. The van der Waals surface area contributed by atoms with Crippen molar-refractivity contribution >= 4 is 17.6 Å². The van der Waals surface area contributed by atoms with Crippen LogP contribution >= 0.6 is 0 Å². The summed E-state index contributed by atoms with van der Waals surface area (Å²) in [6.45, 7) is 0.720. The number of amides is 1. The van der Waals surface area contributed by atoms with Crippen LogP contribution in [0.2, 0.25) is 0 Å². The van der Waals surface area contributed by atoms with Crippen molar-refractivity contribution in [2.75, 3.05) is 18.0 Å². The Labute approximate surface area is 125 Å². The minimum absolute atomic E-state index is 0.129. The third-order valence-electron chi connectivity index (χ3n) is 3.78. The SMILES string of the molecule is O=C(O)CN(C(=O)CCC1CCCCN1)c1ccccc1. The highest BCUT2D eigenvalue weighted by molar-refractivity contribution is 5.97. The third kappa shape index (κ3) is 4.86. The standard InChI is InChI=1S/C16H22N2O3/c19-15(10-9-13-6-4-5-11-17-13)18(12-16(20)21)14-7-2-1-3-8-14/h1-3,7-8,13,17H,4-6,9-12H2,(H,20,21). The molecule has 1 unspecified atom stereocenters. The van der Waals surface area contributed by atoms with Gasteiger partial charge in [0.05, 0.1) is 0 Å². The molecule has 0 bridgehead atoms. The Bertz CT molecular complexity index is 470. The Kier molecular flexibility index (Phi) is 5.75. The highest BCUT2D eigenvalue weighted by Crippen LogP contribution is 2.17. The molecule has 1 atom stereocenters. The van der Waals surface area contributed by atoms with Crippen LogP contribution in [0, 0.1) is 0 Å². The number of nitrogens with one attached hydrogen (secondary N) is 1. The number of anilines is 1. The molecule has 1 heterocycles. The minimum atomic E-state index is -0.997. The summed E-state index contributed by atoms with van der Waals surface area (Å²) in [6, 6.07) is 9.36. The van der Waals surface area contributed by atoms with Gasteiger partial charge >= 0.3 is 5.97 Å². The molecule has 5 heteroatoms. The zero-order valence-corrected chi connectivity index (χ0v) is 12.1. The first-order chi connectivity index (χ1) is 10.2. The number of carboxylic acids is 1. The maximum absolute atomic E-state index is 12.4. The van der Waals surface area contributed by atoms with E-state index in [1.165, 1.54) is 17.7 Å². The van der Waals surface area contributed by atoms with Gasteiger partial charge in [-0.15, -0.1) is 0 Å². The van der Waals surface area contributed by atoms with E-state index in [0.717, 1.165) is 19.4 Å². The van der Waals surface area contributed by atoms with E-state index >= 15 is 0 Å². The number of hydrogen-bond donors (Lipinski definition) is 2. The van der Waals surface area contributed by atoms with Crippen molar-refractivity contribution in [3.8, 4) is 0 Å². The quantitative estimate of drug-likeness (QED) is 0.841. The number of carbonyl (C=O) groups excluding carboxylic acids is 1. The Morgan fingerprint density at radius 1 is 1.24 bits per heavy atom. The van der Waals surface area contributed by atoms with E-state index in [2.05, 4.69) is 5.32 Å². The zero-order valence-electron chi connectivity index (χ0n) is 12.1. The first kappa shape index (κ1) is 15.5. The van der Waals surface area contributed by atoms with Gasteiger partial charge in [-0.05, 0) is 37.9 Å². The van der Waals surface area contributed by atoms with Gasteiger partial charge in [0.2, 0.25) is 5.91 Å². The van der Waals surface area contributed by atoms with Gasteiger partial charge in [-0.1, -0.05) is 24.6 Å². The fourth-order valence-electron chi connectivity index (χ4n) is 2.67. The van der Waals surface area contributed by atoms with Gasteiger partial charge < -0.3 is 15.3 Å². The number of aliphatic carboxylic acids is 1. The summed E-state index contributed by atoms with van der Waals surface area (Å²) in [6.07, 6.45) is 4.63. The average molecular weight is 290 g/mol. The number of benzene rings is 1. The molecule has 0 radical (unpaired) electrons. The molecule has 1 saturated heterocycles. The molecule has 0 aromatic heterocycles. The van der Waals surface area contributed by atoms with Crippen molar-refractivity contribution in [3.63, 3.8) is 0 Å². The summed E-state index contributed by atoms with van der Waals surface area (Å²) in [5.41, 5.74) is 0.640. The molecular weight excluding hydrogens is 268 g/mol. The molecule has 1 fully saturated rings. The third-order valence-corrected chi connectivity index (χ3v) is 3.78. The smallest absolute Gasteiger partial charge is 0.323 e. The lowest BCUT2D eigenvalue weighted by Crippen LogP contribution is -2.38. The molecule has 21 heavy (non-hydrogen) atoms. The van der Waals surface area contributed by atoms with Crippen LogP contribution in [0.15, 0.2) is 30.3 Å². The first-order valence-corrected chi connectivity index (χ1v) is 7.47. The summed E-state index contributed by atoms with van der Waals surface area (Å²) < 4.78 is 0. The number of hydrogen-bond acceptors (Lipinski definition) is 3. The first-order valence-electron chi connectivity index (χ1n) is 7.47. The number of carboxylic acid groups (broad SMARTS) is 1. The number of para-hydroxylation sites is 1. The van der Waals surface area contributed by atoms with E-state index in [4.69, 9.17) is 5.11 Å². The van der Waals surface area contributed by atoms with Crippen LogP contribution in [0.5, 0.6) is 0 Å². The van der Waals surface area contributed by atoms with Crippen LogP contribution in [-0.4, -0.2) is 36.1 Å². The largest absolute Gasteiger partial charge is 0.480 e. The van der Waals surface area contributed by atoms with Crippen LogP contribution in [0.25, 0.3) is 0 Å². The van der Waals surface area contributed by atoms with Gasteiger partial charge in [0.1, 0.15) is 6.54 Å². The van der Waals surface area contributed by atoms with E-state index in [1.807, 2.05) is 6.07 Å². The van der Waals surface area contributed by atoms with Crippen LogP contribution in [0.4, 0.5) is 5.69 Å². The number of carbonyl (C=O) groups is 2. The van der Waals surface area contributed by atoms with Gasteiger partial charge in [0.25, 0.3) is 0 Å². The Hall–Kier alpha value is -1.88. The molecule has 2 N–H and O–H groups in total. The van der Waals surface area contributed by atoms with E-state index in [9.17, 15) is 9.59 Å². The van der Waals surface area contributed by atoms with Crippen molar-refractivity contribution in [2.24, 2.45) is 0 Å². The van der Waals surface area contributed by atoms with E-state index in [0.29, 0.717) is 18.2 Å². The Morgan fingerprint density at radius 3 is 2.62 bits per heavy atom. The summed E-state index contributed by atoms with van der Waals surface area (Å²) in [5, 5.41) is 12.4. The summed E-state index contributed by atoms with van der Waals surface area (Å²) >= 11 is 0.